The first-order valence-electron chi connectivity index (χ1n) is 15.8. The number of nitrogens with two attached hydrogens (primary N) is 1. The van der Waals surface area contributed by atoms with E-state index in [1.807, 2.05) is 34.7 Å². The molecule has 1 atom stereocenters. The summed E-state index contributed by atoms with van der Waals surface area (Å²) < 4.78 is 44.7. The third-order valence-electron chi connectivity index (χ3n) is 5.29. The summed E-state index contributed by atoms with van der Waals surface area (Å²) >= 11 is 0. The van der Waals surface area contributed by atoms with Crippen LogP contribution in [-0.4, -0.2) is 79.9 Å². The molecule has 0 aliphatic rings. The number of hydrogen-bond acceptors (Lipinski definition) is 9. The molecule has 0 heterocycles. The zero-order valence-electron chi connectivity index (χ0n) is 30.3. The predicted molar refractivity (Wildman–Crippen MR) is 182 cm³/mol. The molecule has 0 spiro atoms. The highest BCUT2D eigenvalue weighted by atomic mass is 19.4. The highest BCUT2D eigenvalue weighted by Crippen LogP contribution is 2.34. The second kappa shape index (κ2) is 31.0. The maximum Gasteiger partial charge on any atom is 0.416 e. The van der Waals surface area contributed by atoms with Gasteiger partial charge in [-0.25, -0.2) is 0 Å². The second-order valence-corrected chi connectivity index (χ2v) is 10.2. The second-order valence-electron chi connectivity index (χ2n) is 10.2. The summed E-state index contributed by atoms with van der Waals surface area (Å²) in [6.45, 7) is 16.1. The summed E-state index contributed by atoms with van der Waals surface area (Å²) in [5.74, 6) is -3.50. The lowest BCUT2D eigenvalue weighted by Crippen LogP contribution is -2.52. The molecule has 49 heavy (non-hydrogen) atoms. The van der Waals surface area contributed by atoms with Gasteiger partial charge in [0, 0.05) is 30.6 Å². The van der Waals surface area contributed by atoms with E-state index in [0.29, 0.717) is 0 Å². The van der Waals surface area contributed by atoms with Gasteiger partial charge in [-0.05, 0) is 38.1 Å². The zero-order chi connectivity index (χ0) is 39.2. The zero-order valence-corrected chi connectivity index (χ0v) is 30.3. The Hall–Kier alpha value is -4.25. The number of amides is 4. The highest BCUT2D eigenvalue weighted by molar-refractivity contribution is 5.96. The fraction of sp³-hybridized carbons (Fsp3) is 0.625. The van der Waals surface area contributed by atoms with E-state index in [9.17, 15) is 37.1 Å². The highest BCUT2D eigenvalue weighted by Gasteiger charge is 2.34. The van der Waals surface area contributed by atoms with Gasteiger partial charge in [0.25, 0.3) is 0 Å². The fourth-order valence-electron chi connectivity index (χ4n) is 3.01. The van der Waals surface area contributed by atoms with Crippen LogP contribution in [0.5, 0.6) is 0 Å². The number of carboxylic acid groups (broad SMARTS) is 1. The number of aliphatic carboxylic acids is 1. The number of carboxylic acids is 1. The lowest BCUT2D eigenvalue weighted by Gasteiger charge is -2.22. The molecule has 14 nitrogen and oxygen atoms in total. The first-order valence-corrected chi connectivity index (χ1v) is 15.8. The summed E-state index contributed by atoms with van der Waals surface area (Å²) in [7, 11) is 1.96. The molecule has 17 heteroatoms. The van der Waals surface area contributed by atoms with Gasteiger partial charge in [-0.15, -0.1) is 0 Å². The Balaban J connectivity index is -0.000000565. The first-order chi connectivity index (χ1) is 22.8. The van der Waals surface area contributed by atoms with Crippen LogP contribution in [0.15, 0.2) is 18.2 Å². The monoisotopic (exact) mass is 710 g/mol. The molecule has 0 saturated heterocycles. The molecular formula is C32H57F3N6O8. The van der Waals surface area contributed by atoms with Crippen LogP contribution in [0.1, 0.15) is 86.3 Å². The largest absolute Gasteiger partial charge is 0.481 e. The van der Waals surface area contributed by atoms with Crippen molar-refractivity contribution in [2.24, 2.45) is 11.7 Å². The Bertz CT molecular complexity index is 1100. The minimum atomic E-state index is -4.74. The average Bonchev–Trinajstić information content (AvgIpc) is 3.02. The molecular weight excluding hydrogens is 653 g/mol. The molecule has 284 valence electrons. The molecule has 0 fully saturated rings. The van der Waals surface area contributed by atoms with Crippen LogP contribution in [0.4, 0.5) is 18.9 Å². The van der Waals surface area contributed by atoms with Crippen molar-refractivity contribution in [1.82, 2.24) is 21.3 Å². The van der Waals surface area contributed by atoms with Crippen molar-refractivity contribution in [3.63, 3.8) is 0 Å². The number of halogens is 3. The molecule has 1 rings (SSSR count). The number of carbonyl (C=O) groups excluding carboxylic acids is 5. The van der Waals surface area contributed by atoms with E-state index >= 15 is 0 Å². The van der Waals surface area contributed by atoms with Crippen molar-refractivity contribution in [3.8, 4) is 0 Å². The molecule has 8 N–H and O–H groups in total. The number of ether oxygens (including phenoxy) is 1. The molecule has 0 saturated carbocycles. The minimum Gasteiger partial charge on any atom is -0.481 e. The number of hydrogen-bond donors (Lipinski definition) is 7. The van der Waals surface area contributed by atoms with Gasteiger partial charge in [0.15, 0.2) is 0 Å². The summed E-state index contributed by atoms with van der Waals surface area (Å²) in [5, 5.41) is 20.9. The van der Waals surface area contributed by atoms with Crippen molar-refractivity contribution in [2.45, 2.75) is 100 Å². The Morgan fingerprint density at radius 3 is 1.90 bits per heavy atom. The van der Waals surface area contributed by atoms with Crippen LogP contribution in [-0.2, 0) is 46.3 Å². The third-order valence-corrected chi connectivity index (χ3v) is 5.29. The van der Waals surface area contributed by atoms with Gasteiger partial charge >= 0.3 is 18.1 Å². The Kier molecular flexibility index (Phi) is 32.7. The van der Waals surface area contributed by atoms with E-state index in [0.717, 1.165) is 25.6 Å². The van der Waals surface area contributed by atoms with Crippen LogP contribution >= 0.6 is 0 Å². The van der Waals surface area contributed by atoms with Crippen LogP contribution in [0, 0.1) is 5.92 Å². The van der Waals surface area contributed by atoms with E-state index in [1.54, 1.807) is 20.8 Å². The number of nitrogens with one attached hydrogen (secondary N) is 5. The molecule has 0 aliphatic heterocycles. The van der Waals surface area contributed by atoms with Crippen molar-refractivity contribution < 1.29 is 51.8 Å². The summed E-state index contributed by atoms with van der Waals surface area (Å²) in [6, 6.07) is 2.22. The first kappa shape index (κ1) is 51.6. The van der Waals surface area contributed by atoms with Crippen molar-refractivity contribution >= 4 is 41.8 Å². The molecule has 4 amide bonds. The molecule has 0 bridgehead atoms. The summed E-state index contributed by atoms with van der Waals surface area (Å²) in [4.78, 5) is 65.5. The Morgan fingerprint density at radius 1 is 1.00 bits per heavy atom. The Morgan fingerprint density at radius 2 is 1.53 bits per heavy atom. The van der Waals surface area contributed by atoms with Gasteiger partial charge < -0.3 is 42.2 Å². The smallest absolute Gasteiger partial charge is 0.416 e. The number of alkyl halides is 3. The third kappa shape index (κ3) is 30.8. The lowest BCUT2D eigenvalue weighted by molar-refractivity contribution is -0.145. The SMILES string of the molecule is CC.CC(=O)OCc1ccc(NC(=O)CNC(=O)C(NC(=O)CNC(C)C)C(C)C)cc1C(F)(F)F.CCC(=O)O.CCCNC.NC=O. The van der Waals surface area contributed by atoms with Crippen LogP contribution in [0.3, 0.4) is 0 Å². The van der Waals surface area contributed by atoms with Crippen LogP contribution < -0.4 is 32.3 Å². The average molecular weight is 711 g/mol. The van der Waals surface area contributed by atoms with Crippen molar-refractivity contribution in [3.05, 3.63) is 29.3 Å². The number of carbonyl (C=O) groups is 6. The van der Waals surface area contributed by atoms with E-state index in [1.165, 1.54) is 12.5 Å². The maximum atomic E-state index is 13.4. The van der Waals surface area contributed by atoms with E-state index in [4.69, 9.17) is 9.90 Å². The van der Waals surface area contributed by atoms with Gasteiger partial charge in [0.05, 0.1) is 18.7 Å². The van der Waals surface area contributed by atoms with E-state index < -0.39 is 54.7 Å². The van der Waals surface area contributed by atoms with Crippen molar-refractivity contribution in [2.75, 3.05) is 32.0 Å². The van der Waals surface area contributed by atoms with Gasteiger partial charge in [0.1, 0.15) is 12.6 Å². The number of esters is 1. The summed E-state index contributed by atoms with van der Waals surface area (Å²) in [5.41, 5.74) is 2.69. The molecule has 1 aromatic carbocycles. The number of anilines is 1. The molecule has 0 aliphatic carbocycles. The number of rotatable bonds is 14. The van der Waals surface area contributed by atoms with Gasteiger partial charge in [0.2, 0.25) is 24.1 Å². The predicted octanol–water partition coefficient (Wildman–Crippen LogP) is 3.19. The van der Waals surface area contributed by atoms with E-state index in [-0.39, 0.29) is 48.5 Å². The number of primary amides is 1. The van der Waals surface area contributed by atoms with Crippen LogP contribution in [0.2, 0.25) is 0 Å². The summed E-state index contributed by atoms with van der Waals surface area (Å²) in [6.07, 6.45) is -3.03. The van der Waals surface area contributed by atoms with Gasteiger partial charge in [-0.3, -0.25) is 28.8 Å². The number of benzene rings is 1. The maximum absolute atomic E-state index is 13.4. The van der Waals surface area contributed by atoms with Gasteiger partial charge in [-0.2, -0.15) is 13.2 Å². The van der Waals surface area contributed by atoms with Crippen LogP contribution in [0.25, 0.3) is 0 Å². The quantitative estimate of drug-likeness (QED) is 0.110. The molecule has 1 unspecified atom stereocenters. The lowest BCUT2D eigenvalue weighted by atomic mass is 10.0. The Labute approximate surface area is 287 Å². The van der Waals surface area contributed by atoms with Crippen molar-refractivity contribution in [1.29, 1.82) is 0 Å². The molecule has 1 aromatic rings. The fourth-order valence-corrected chi connectivity index (χ4v) is 3.01. The molecule has 0 aromatic heterocycles. The topological polar surface area (TPSA) is 218 Å². The van der Waals surface area contributed by atoms with Gasteiger partial charge in [-0.1, -0.05) is 61.5 Å². The standard InChI is InChI=1S/C22H31F3N4O5.C4H11N.C3H6O2.C2H6.CH3NO/c1-12(2)20(29-19(32)9-26-13(3)4)21(33)27-10-18(31)28-16-7-6-15(11-34-14(5)30)17(8-16)22(23,24)25;1-3-4-5-2;1-2-3(4)5;1-2;2-1-3/h6-8,12-13,20,26H,9-11H2,1-5H3,(H,27,33)(H,28,31)(H,29,32);5H,3-4H2,1-2H3;2H2,1H3,(H,4,5);1-2H3;1H,(H2,2,3). The minimum absolute atomic E-state index is 0.0175. The normalized spacial score (nSPS) is 10.5. The molecule has 0 radical (unpaired) electrons. The van der Waals surface area contributed by atoms with E-state index in [2.05, 4.69) is 44.0 Å².